The number of thiazole rings is 1. The highest BCUT2D eigenvalue weighted by atomic mass is 35.5. The van der Waals surface area contributed by atoms with Crippen LogP contribution < -0.4 is 25.0 Å². The highest BCUT2D eigenvalue weighted by molar-refractivity contribution is 8.00. The van der Waals surface area contributed by atoms with Crippen molar-refractivity contribution in [3.05, 3.63) is 97.9 Å². The van der Waals surface area contributed by atoms with Gasteiger partial charge in [0.15, 0.2) is 0 Å². The minimum Gasteiger partial charge on any atom is -0.497 e. The molecule has 0 aliphatic carbocycles. The van der Waals surface area contributed by atoms with E-state index in [1.807, 2.05) is 0 Å². The smallest absolute Gasteiger partial charge is 0.308 e. The van der Waals surface area contributed by atoms with E-state index in [-0.39, 0.29) is 11.4 Å². The zero-order valence-corrected chi connectivity index (χ0v) is 26.0. The second-order valence-corrected chi connectivity index (χ2v) is 14.2. The Bertz CT molecular complexity index is 1960. The van der Waals surface area contributed by atoms with Crippen LogP contribution in [0, 0.1) is 5.92 Å². The number of anilines is 2. The van der Waals surface area contributed by atoms with E-state index < -0.39 is 49.7 Å². The molecule has 2 unspecified atom stereocenters. The van der Waals surface area contributed by atoms with Gasteiger partial charge in [-0.2, -0.15) is 0 Å². The summed E-state index contributed by atoms with van der Waals surface area (Å²) in [5.41, 5.74) is 1.41. The van der Waals surface area contributed by atoms with Crippen LogP contribution in [0.4, 0.5) is 11.4 Å². The van der Waals surface area contributed by atoms with Crippen molar-refractivity contribution in [2.24, 2.45) is 11.1 Å². The third-order valence-electron chi connectivity index (χ3n) is 7.38. The number of ether oxygens (including phenoxy) is 1. The van der Waals surface area contributed by atoms with Crippen molar-refractivity contribution in [1.82, 2.24) is 4.57 Å². The SMILES string of the molecule is COc1ccc(N2C(=O)C3Sc4c(sc(=O)n4CC(=O)Nc4ccc(S(N)(=O)=O)cc4)[C@H](c4ccc(Cl)cc4)C3C2=O)cc1. The Balaban J connectivity index is 1.36. The van der Waals surface area contributed by atoms with E-state index >= 15 is 0 Å². The predicted molar refractivity (Wildman–Crippen MR) is 167 cm³/mol. The van der Waals surface area contributed by atoms with Crippen LogP contribution in [0.25, 0.3) is 0 Å². The van der Waals surface area contributed by atoms with E-state index in [0.717, 1.165) is 23.1 Å². The lowest BCUT2D eigenvalue weighted by atomic mass is 9.83. The van der Waals surface area contributed by atoms with Crippen molar-refractivity contribution in [3.8, 4) is 5.75 Å². The number of nitrogens with two attached hydrogens (primary N) is 1. The summed E-state index contributed by atoms with van der Waals surface area (Å²) in [6.07, 6.45) is 0. The highest BCUT2D eigenvalue weighted by Crippen LogP contribution is 2.54. The Hall–Kier alpha value is -3.95. The molecule has 4 aromatic rings. The van der Waals surface area contributed by atoms with Gasteiger partial charge in [-0.05, 0) is 66.2 Å². The summed E-state index contributed by atoms with van der Waals surface area (Å²) in [6.45, 7) is -0.371. The molecule has 2 aliphatic rings. The number of benzene rings is 3. The molecule has 3 heterocycles. The lowest BCUT2D eigenvalue weighted by Crippen LogP contribution is -2.33. The molecule has 3 aromatic carbocycles. The lowest BCUT2D eigenvalue weighted by Gasteiger charge is -2.30. The molecule has 15 heteroatoms. The third kappa shape index (κ3) is 5.43. The van der Waals surface area contributed by atoms with Crippen LogP contribution in [-0.2, 0) is 31.0 Å². The van der Waals surface area contributed by atoms with E-state index in [2.05, 4.69) is 5.32 Å². The van der Waals surface area contributed by atoms with Crippen LogP contribution in [0.5, 0.6) is 5.75 Å². The van der Waals surface area contributed by atoms with Crippen molar-refractivity contribution in [2.45, 2.75) is 27.6 Å². The zero-order valence-electron chi connectivity index (χ0n) is 22.8. The Labute approximate surface area is 264 Å². The maximum Gasteiger partial charge on any atom is 0.308 e. The number of carbonyl (C=O) groups is 3. The van der Waals surface area contributed by atoms with Crippen LogP contribution in [0.15, 0.2) is 87.5 Å². The average Bonchev–Trinajstić information content (AvgIpc) is 3.43. The number of sulfonamides is 1. The number of methoxy groups -OCH3 is 1. The van der Waals surface area contributed by atoms with Gasteiger partial charge in [-0.3, -0.25) is 23.7 Å². The van der Waals surface area contributed by atoms with Gasteiger partial charge in [0, 0.05) is 21.5 Å². The fraction of sp³-hybridized carbons (Fsp3) is 0.172. The van der Waals surface area contributed by atoms with Crippen molar-refractivity contribution < 1.29 is 27.5 Å². The Kier molecular flexibility index (Phi) is 7.88. The molecule has 3 amide bonds. The predicted octanol–water partition coefficient (Wildman–Crippen LogP) is 3.65. The summed E-state index contributed by atoms with van der Waals surface area (Å²) >= 11 is 8.17. The molecule has 1 saturated heterocycles. The first-order valence-electron chi connectivity index (χ1n) is 13.1. The number of fused-ring (bicyclic) bond motifs is 2. The summed E-state index contributed by atoms with van der Waals surface area (Å²) in [5.74, 6) is -2.23. The number of imide groups is 1. The number of carbonyl (C=O) groups excluding carboxylic acids is 3. The van der Waals surface area contributed by atoms with Crippen molar-refractivity contribution in [1.29, 1.82) is 0 Å². The molecule has 226 valence electrons. The van der Waals surface area contributed by atoms with Crippen LogP contribution in [0.3, 0.4) is 0 Å². The van der Waals surface area contributed by atoms with Gasteiger partial charge in [0.25, 0.3) is 0 Å². The van der Waals surface area contributed by atoms with Gasteiger partial charge in [-0.1, -0.05) is 46.8 Å². The fourth-order valence-corrected chi connectivity index (χ4v) is 8.76. The topological polar surface area (TPSA) is 158 Å². The summed E-state index contributed by atoms with van der Waals surface area (Å²) in [6, 6.07) is 18.8. The van der Waals surface area contributed by atoms with E-state index in [1.165, 1.54) is 40.8 Å². The molecule has 1 fully saturated rings. The molecule has 44 heavy (non-hydrogen) atoms. The number of aromatic nitrogens is 1. The first-order valence-corrected chi connectivity index (χ1v) is 16.7. The van der Waals surface area contributed by atoms with Crippen LogP contribution in [-0.4, -0.2) is 43.1 Å². The molecule has 0 spiro atoms. The molecule has 0 radical (unpaired) electrons. The minimum absolute atomic E-state index is 0.114. The summed E-state index contributed by atoms with van der Waals surface area (Å²) < 4.78 is 29.6. The van der Waals surface area contributed by atoms with Crippen LogP contribution in [0.1, 0.15) is 16.4 Å². The Morgan fingerprint density at radius 3 is 2.25 bits per heavy atom. The van der Waals surface area contributed by atoms with E-state index in [9.17, 15) is 27.6 Å². The van der Waals surface area contributed by atoms with E-state index in [0.29, 0.717) is 37.6 Å². The lowest BCUT2D eigenvalue weighted by molar-refractivity contribution is -0.122. The molecule has 11 nitrogen and oxygen atoms in total. The van der Waals surface area contributed by atoms with Gasteiger partial charge in [-0.15, -0.1) is 0 Å². The first kappa shape index (κ1) is 30.1. The van der Waals surface area contributed by atoms with Gasteiger partial charge in [0.05, 0.1) is 28.6 Å². The summed E-state index contributed by atoms with van der Waals surface area (Å²) in [4.78, 5) is 55.4. The normalized spacial score (nSPS) is 19.4. The Morgan fingerprint density at radius 1 is 0.977 bits per heavy atom. The number of halogens is 1. The number of nitrogens with one attached hydrogen (secondary N) is 1. The molecule has 1 aromatic heterocycles. The zero-order chi connectivity index (χ0) is 31.3. The van der Waals surface area contributed by atoms with Gasteiger partial charge >= 0.3 is 4.87 Å². The van der Waals surface area contributed by atoms with E-state index in [1.54, 1.807) is 48.5 Å². The molecular formula is C29H23ClN4O7S3. The molecule has 6 rings (SSSR count). The average molecular weight is 671 g/mol. The number of amides is 3. The number of thioether (sulfide) groups is 1. The molecule has 3 N–H and O–H groups in total. The van der Waals surface area contributed by atoms with Gasteiger partial charge in [0.1, 0.15) is 17.5 Å². The fourth-order valence-electron chi connectivity index (χ4n) is 5.34. The number of rotatable bonds is 7. The number of primary sulfonamides is 1. The van der Waals surface area contributed by atoms with Gasteiger partial charge < -0.3 is 10.1 Å². The summed E-state index contributed by atoms with van der Waals surface area (Å²) in [7, 11) is -2.38. The quantitative estimate of drug-likeness (QED) is 0.282. The number of hydrogen-bond acceptors (Lipinski definition) is 9. The third-order valence-corrected chi connectivity index (χ3v) is 11.2. The largest absolute Gasteiger partial charge is 0.497 e. The molecule has 3 atom stereocenters. The monoisotopic (exact) mass is 670 g/mol. The highest BCUT2D eigenvalue weighted by Gasteiger charge is 2.56. The summed E-state index contributed by atoms with van der Waals surface area (Å²) in [5, 5.41) is 7.85. The molecule has 0 bridgehead atoms. The Morgan fingerprint density at radius 2 is 1.64 bits per heavy atom. The molecule has 2 aliphatic heterocycles. The molecule has 0 saturated carbocycles. The standard InChI is InChI=1S/C29H23ClN4O7S3/c1-41-19-10-8-18(9-11-19)34-26(36)23-22(15-2-4-16(30)5-3-15)25-28(42-24(23)27(34)37)33(29(38)43-25)14-21(35)32-17-6-12-20(13-7-17)44(31,39)40/h2-13,22-24H,14H2,1H3,(H,32,35)(H2,31,39,40)/t22-,23?,24?/m1/s1. The van der Waals surface area contributed by atoms with Gasteiger partial charge in [-0.25, -0.2) is 18.5 Å². The molecular weight excluding hydrogens is 648 g/mol. The maximum absolute atomic E-state index is 14.0. The number of hydrogen-bond donors (Lipinski definition) is 2. The van der Waals surface area contributed by atoms with Gasteiger partial charge in [0.2, 0.25) is 27.7 Å². The van der Waals surface area contributed by atoms with Crippen LogP contribution in [0.2, 0.25) is 5.02 Å². The second-order valence-electron chi connectivity index (χ2n) is 10.0. The first-order chi connectivity index (χ1) is 21.0. The van der Waals surface area contributed by atoms with Crippen molar-refractivity contribution >= 4 is 73.8 Å². The van der Waals surface area contributed by atoms with Crippen LogP contribution >= 0.6 is 34.7 Å². The van der Waals surface area contributed by atoms with E-state index in [4.69, 9.17) is 21.5 Å². The minimum atomic E-state index is -3.90. The van der Waals surface area contributed by atoms with Crippen molar-refractivity contribution in [2.75, 3.05) is 17.3 Å². The maximum atomic E-state index is 14.0. The van der Waals surface area contributed by atoms with Crippen molar-refractivity contribution in [3.63, 3.8) is 0 Å². The second kappa shape index (κ2) is 11.5. The number of nitrogens with zero attached hydrogens (tertiary/aromatic N) is 2.